The van der Waals surface area contributed by atoms with Crippen molar-refractivity contribution in [2.24, 2.45) is 0 Å². The van der Waals surface area contributed by atoms with Crippen LogP contribution in [0.25, 0.3) is 0 Å². The molecule has 0 saturated heterocycles. The van der Waals surface area contributed by atoms with E-state index in [-0.39, 0.29) is 5.78 Å². The minimum absolute atomic E-state index is 0.273. The van der Waals surface area contributed by atoms with Crippen molar-refractivity contribution in [2.75, 3.05) is 11.9 Å². The number of hydrogen-bond donors (Lipinski definition) is 0. The lowest BCUT2D eigenvalue weighted by Gasteiger charge is -2.33. The van der Waals surface area contributed by atoms with Crippen LogP contribution < -0.4 is 4.90 Å². The highest BCUT2D eigenvalue weighted by Crippen LogP contribution is 2.29. The Hall–Kier alpha value is -1.31. The van der Waals surface area contributed by atoms with Crippen LogP contribution in [0.4, 0.5) is 5.69 Å². The van der Waals surface area contributed by atoms with Crippen molar-refractivity contribution < 1.29 is 4.79 Å². The van der Waals surface area contributed by atoms with Crippen LogP contribution in [0.3, 0.4) is 0 Å². The van der Waals surface area contributed by atoms with Crippen molar-refractivity contribution in [3.63, 3.8) is 0 Å². The van der Waals surface area contributed by atoms with Crippen LogP contribution in [0.2, 0.25) is 0 Å². The van der Waals surface area contributed by atoms with E-state index in [1.807, 2.05) is 26.1 Å². The first kappa shape index (κ1) is 9.25. The van der Waals surface area contributed by atoms with E-state index in [4.69, 9.17) is 0 Å². The predicted octanol–water partition coefficient (Wildman–Crippen LogP) is 2.41. The first-order chi connectivity index (χ1) is 6.59. The fourth-order valence-electron chi connectivity index (χ4n) is 1.93. The number of carbonyl (C=O) groups is 1. The van der Waals surface area contributed by atoms with Crippen molar-refractivity contribution in [3.8, 4) is 0 Å². The number of carbonyl (C=O) groups excluding carboxylic acids is 1. The number of hydrogen-bond acceptors (Lipinski definition) is 2. The van der Waals surface area contributed by atoms with Gasteiger partial charge in [0.15, 0.2) is 5.78 Å². The Morgan fingerprint density at radius 2 is 2.14 bits per heavy atom. The quantitative estimate of drug-likeness (QED) is 0.624. The number of Topliss-reactive ketones (excluding diaryl/α,β-unsaturated/α-hetero) is 1. The zero-order valence-corrected chi connectivity index (χ0v) is 8.87. The number of nitrogens with zero attached hydrogens (tertiary/aromatic N) is 1. The zero-order chi connectivity index (χ0) is 10.3. The van der Waals surface area contributed by atoms with Crippen LogP contribution in [0.1, 0.15) is 29.3 Å². The van der Waals surface area contributed by atoms with Gasteiger partial charge in [-0.05, 0) is 26.0 Å². The van der Waals surface area contributed by atoms with Crippen molar-refractivity contribution >= 4 is 11.5 Å². The summed E-state index contributed by atoms with van der Waals surface area (Å²) in [7, 11) is 2.05. The average molecular weight is 189 g/mol. The zero-order valence-electron chi connectivity index (χ0n) is 8.87. The summed E-state index contributed by atoms with van der Waals surface area (Å²) < 4.78 is 0. The topological polar surface area (TPSA) is 20.3 Å². The molecule has 0 N–H and O–H groups in total. The molecule has 0 bridgehead atoms. The molecule has 1 aromatic carbocycles. The Morgan fingerprint density at radius 3 is 2.86 bits per heavy atom. The minimum atomic E-state index is 0.273. The molecule has 2 rings (SSSR count). The van der Waals surface area contributed by atoms with Gasteiger partial charge in [0.25, 0.3) is 0 Å². The fraction of sp³-hybridized carbons (Fsp3) is 0.417. The third kappa shape index (κ3) is 1.31. The molecule has 1 aliphatic heterocycles. The Morgan fingerprint density at radius 1 is 1.43 bits per heavy atom. The van der Waals surface area contributed by atoms with Crippen molar-refractivity contribution in [1.29, 1.82) is 0 Å². The molecule has 0 aromatic heterocycles. The third-order valence-electron chi connectivity index (χ3n) is 2.97. The molecular formula is C12H15NO. The molecule has 14 heavy (non-hydrogen) atoms. The van der Waals surface area contributed by atoms with E-state index in [1.54, 1.807) is 0 Å². The van der Waals surface area contributed by atoms with Gasteiger partial charge in [-0.15, -0.1) is 0 Å². The maximum absolute atomic E-state index is 11.8. The van der Waals surface area contributed by atoms with E-state index in [2.05, 4.69) is 17.9 Å². The number of anilines is 1. The van der Waals surface area contributed by atoms with E-state index in [0.717, 1.165) is 16.8 Å². The lowest BCUT2D eigenvalue weighted by molar-refractivity contribution is 0.0969. The standard InChI is InChI=1S/C12H15NO/c1-8-4-5-11-10(6-8)12(14)7-9(2)13(11)3/h4-6,9H,7H2,1-3H3. The molecule has 0 fully saturated rings. The normalized spacial score (nSPS) is 20.9. The molecule has 74 valence electrons. The van der Waals surface area contributed by atoms with E-state index in [1.165, 1.54) is 0 Å². The van der Waals surface area contributed by atoms with Crippen LogP contribution in [0.15, 0.2) is 18.2 Å². The van der Waals surface area contributed by atoms with Crippen LogP contribution >= 0.6 is 0 Å². The maximum atomic E-state index is 11.8. The van der Waals surface area contributed by atoms with Gasteiger partial charge in [-0.3, -0.25) is 4.79 Å². The number of ketones is 1. The second kappa shape index (κ2) is 3.12. The Labute approximate surface area is 84.5 Å². The smallest absolute Gasteiger partial charge is 0.167 e. The van der Waals surface area contributed by atoms with E-state index in [9.17, 15) is 4.79 Å². The van der Waals surface area contributed by atoms with Gasteiger partial charge in [-0.1, -0.05) is 11.6 Å². The van der Waals surface area contributed by atoms with Crippen molar-refractivity contribution in [1.82, 2.24) is 0 Å². The van der Waals surface area contributed by atoms with Crippen LogP contribution in [0.5, 0.6) is 0 Å². The summed E-state index contributed by atoms with van der Waals surface area (Å²) in [4.78, 5) is 13.9. The molecule has 1 unspecified atom stereocenters. The third-order valence-corrected chi connectivity index (χ3v) is 2.97. The predicted molar refractivity (Wildman–Crippen MR) is 58.0 cm³/mol. The summed E-state index contributed by atoms with van der Waals surface area (Å²) in [5.74, 6) is 0.273. The summed E-state index contributed by atoms with van der Waals surface area (Å²) in [6, 6.07) is 6.40. The number of fused-ring (bicyclic) bond motifs is 1. The number of aryl methyl sites for hydroxylation is 1. The molecular weight excluding hydrogens is 174 g/mol. The Kier molecular flexibility index (Phi) is 2.06. The second-order valence-corrected chi connectivity index (χ2v) is 4.11. The molecule has 1 aromatic rings. The van der Waals surface area contributed by atoms with E-state index < -0.39 is 0 Å². The van der Waals surface area contributed by atoms with E-state index in [0.29, 0.717) is 12.5 Å². The molecule has 1 heterocycles. The maximum Gasteiger partial charge on any atom is 0.167 e. The first-order valence-corrected chi connectivity index (χ1v) is 4.96. The van der Waals surface area contributed by atoms with Crippen molar-refractivity contribution in [3.05, 3.63) is 29.3 Å². The first-order valence-electron chi connectivity index (χ1n) is 4.96. The largest absolute Gasteiger partial charge is 0.371 e. The SMILES string of the molecule is Cc1ccc2c(c1)C(=O)CC(C)N2C. The van der Waals surface area contributed by atoms with Crippen molar-refractivity contribution in [2.45, 2.75) is 26.3 Å². The summed E-state index contributed by atoms with van der Waals surface area (Å²) >= 11 is 0. The summed E-state index contributed by atoms with van der Waals surface area (Å²) in [6.07, 6.45) is 0.632. The van der Waals surface area contributed by atoms with E-state index >= 15 is 0 Å². The fourth-order valence-corrected chi connectivity index (χ4v) is 1.93. The highest BCUT2D eigenvalue weighted by Gasteiger charge is 2.25. The second-order valence-electron chi connectivity index (χ2n) is 4.11. The van der Waals surface area contributed by atoms with Gasteiger partial charge in [0, 0.05) is 30.8 Å². The minimum Gasteiger partial charge on any atom is -0.371 e. The van der Waals surface area contributed by atoms with Gasteiger partial charge in [-0.25, -0.2) is 0 Å². The molecule has 0 radical (unpaired) electrons. The summed E-state index contributed by atoms with van der Waals surface area (Å²) in [6.45, 7) is 4.10. The lowest BCUT2D eigenvalue weighted by Crippen LogP contribution is -2.36. The lowest BCUT2D eigenvalue weighted by atomic mass is 9.95. The summed E-state index contributed by atoms with van der Waals surface area (Å²) in [5, 5.41) is 0. The molecule has 2 nitrogen and oxygen atoms in total. The van der Waals surface area contributed by atoms with Crippen LogP contribution in [-0.4, -0.2) is 18.9 Å². The number of benzene rings is 1. The molecule has 0 amide bonds. The van der Waals surface area contributed by atoms with Gasteiger partial charge in [0.1, 0.15) is 0 Å². The molecule has 2 heteroatoms. The highest BCUT2D eigenvalue weighted by molar-refractivity contribution is 6.03. The summed E-state index contributed by atoms with van der Waals surface area (Å²) in [5.41, 5.74) is 3.10. The van der Waals surface area contributed by atoms with Gasteiger partial charge >= 0.3 is 0 Å². The van der Waals surface area contributed by atoms with Gasteiger partial charge in [0.2, 0.25) is 0 Å². The van der Waals surface area contributed by atoms with Gasteiger partial charge < -0.3 is 4.90 Å². The molecule has 1 aliphatic rings. The molecule has 0 saturated carbocycles. The van der Waals surface area contributed by atoms with Gasteiger partial charge in [0.05, 0.1) is 0 Å². The van der Waals surface area contributed by atoms with Crippen LogP contribution in [-0.2, 0) is 0 Å². The average Bonchev–Trinajstić information content (AvgIpc) is 2.14. The van der Waals surface area contributed by atoms with Gasteiger partial charge in [-0.2, -0.15) is 0 Å². The van der Waals surface area contributed by atoms with Crippen LogP contribution in [0, 0.1) is 6.92 Å². The Bertz CT molecular complexity index is 384. The highest BCUT2D eigenvalue weighted by atomic mass is 16.1. The molecule has 0 spiro atoms. The molecule has 1 atom stereocenters. The Balaban J connectivity index is 2.56. The molecule has 0 aliphatic carbocycles. The number of rotatable bonds is 0. The monoisotopic (exact) mass is 189 g/mol.